The first kappa shape index (κ1) is 26.5. The zero-order valence-corrected chi connectivity index (χ0v) is 21.4. The van der Waals surface area contributed by atoms with Crippen molar-refractivity contribution in [2.24, 2.45) is 0 Å². The fourth-order valence-corrected chi connectivity index (χ4v) is 4.08. The zero-order chi connectivity index (χ0) is 26.6. The number of ketones is 1. The summed E-state index contributed by atoms with van der Waals surface area (Å²) in [4.78, 5) is 25.8. The molecule has 0 saturated carbocycles. The predicted molar refractivity (Wildman–Crippen MR) is 151 cm³/mol. The minimum atomic E-state index is -0.666. The van der Waals surface area contributed by atoms with Gasteiger partial charge in [0.15, 0.2) is 5.78 Å². The van der Waals surface area contributed by atoms with E-state index >= 15 is 0 Å². The van der Waals surface area contributed by atoms with Crippen molar-refractivity contribution in [1.82, 2.24) is 0 Å². The lowest BCUT2D eigenvalue weighted by atomic mass is 10.00. The fourth-order valence-electron chi connectivity index (χ4n) is 4.08. The van der Waals surface area contributed by atoms with E-state index in [1.807, 2.05) is 84.9 Å². The van der Waals surface area contributed by atoms with Gasteiger partial charge in [0.05, 0.1) is 13.7 Å². The van der Waals surface area contributed by atoms with Crippen LogP contribution >= 0.6 is 0 Å². The molecule has 0 aliphatic heterocycles. The Hall–Kier alpha value is -4.58. The third-order valence-electron chi connectivity index (χ3n) is 6.08. The molecule has 1 atom stereocenters. The van der Waals surface area contributed by atoms with Crippen molar-refractivity contribution in [1.29, 1.82) is 0 Å². The van der Waals surface area contributed by atoms with E-state index in [-0.39, 0.29) is 5.78 Å². The number of benzene rings is 4. The summed E-state index contributed by atoms with van der Waals surface area (Å²) in [5.41, 5.74) is 3.71. The van der Waals surface area contributed by atoms with E-state index in [1.165, 1.54) is 7.11 Å². The molecule has 4 aromatic carbocycles. The van der Waals surface area contributed by atoms with Gasteiger partial charge in [-0.3, -0.25) is 4.79 Å². The largest absolute Gasteiger partial charge is 0.494 e. The van der Waals surface area contributed by atoms with Gasteiger partial charge in [-0.05, 0) is 48.4 Å². The Balaban J connectivity index is 1.35. The second kappa shape index (κ2) is 13.7. The number of ether oxygens (including phenoxy) is 2. The smallest absolute Gasteiger partial charge is 0.328 e. The molecule has 2 N–H and O–H groups in total. The van der Waals surface area contributed by atoms with Gasteiger partial charge in [-0.2, -0.15) is 0 Å². The number of para-hydroxylation sites is 2. The van der Waals surface area contributed by atoms with Gasteiger partial charge in [0, 0.05) is 35.5 Å². The number of carbonyl (C=O) groups is 2. The maximum absolute atomic E-state index is 13.1. The molecule has 6 heteroatoms. The Labute approximate surface area is 223 Å². The summed E-state index contributed by atoms with van der Waals surface area (Å²) in [7, 11) is 1.36. The molecule has 38 heavy (non-hydrogen) atoms. The minimum Gasteiger partial charge on any atom is -0.494 e. The normalized spacial score (nSPS) is 11.3. The van der Waals surface area contributed by atoms with Crippen LogP contribution in [-0.2, 0) is 16.0 Å². The molecule has 0 aliphatic rings. The summed E-state index contributed by atoms with van der Waals surface area (Å²) in [6.45, 7) is 1.42. The lowest BCUT2D eigenvalue weighted by Gasteiger charge is -2.20. The monoisotopic (exact) mass is 508 g/mol. The van der Waals surface area contributed by atoms with Crippen LogP contribution < -0.4 is 15.4 Å². The second-order valence-corrected chi connectivity index (χ2v) is 8.80. The maximum atomic E-state index is 13.1. The number of hydrogen-bond donors (Lipinski definition) is 2. The third kappa shape index (κ3) is 7.46. The Morgan fingerprint density at radius 3 is 2.16 bits per heavy atom. The summed E-state index contributed by atoms with van der Waals surface area (Å²) in [5, 5.41) is 6.61. The summed E-state index contributed by atoms with van der Waals surface area (Å²) in [6.07, 6.45) is 1.26. The molecule has 4 aromatic rings. The topological polar surface area (TPSA) is 76.7 Å². The summed E-state index contributed by atoms with van der Waals surface area (Å²) in [6, 6.07) is 33.4. The van der Waals surface area contributed by atoms with Gasteiger partial charge in [-0.25, -0.2) is 4.79 Å². The molecule has 0 amide bonds. The molecule has 194 valence electrons. The maximum Gasteiger partial charge on any atom is 0.328 e. The Bertz CT molecular complexity index is 1310. The van der Waals surface area contributed by atoms with E-state index in [0.717, 1.165) is 30.0 Å². The molecule has 0 aromatic heterocycles. The fraction of sp³-hybridized carbons (Fsp3) is 0.188. The van der Waals surface area contributed by atoms with Crippen LogP contribution in [0.1, 0.15) is 27.9 Å². The van der Waals surface area contributed by atoms with E-state index in [1.54, 1.807) is 24.3 Å². The lowest BCUT2D eigenvalue weighted by Crippen LogP contribution is -2.33. The van der Waals surface area contributed by atoms with Gasteiger partial charge in [0.1, 0.15) is 11.8 Å². The van der Waals surface area contributed by atoms with E-state index in [0.29, 0.717) is 29.8 Å². The molecule has 0 radical (unpaired) electrons. The van der Waals surface area contributed by atoms with Crippen LogP contribution in [0.15, 0.2) is 109 Å². The minimum absolute atomic E-state index is 0.113. The van der Waals surface area contributed by atoms with Crippen LogP contribution in [-0.4, -0.2) is 38.1 Å². The SMILES string of the molecule is COC(=O)C(Cc1ccc(OCCCNc2ccccc2)cc1)Nc1ccccc1C(=O)c1ccccc1. The van der Waals surface area contributed by atoms with E-state index < -0.39 is 12.0 Å². The number of nitrogens with one attached hydrogen (secondary N) is 2. The standard InChI is InChI=1S/C32H32N2O4/c1-37-32(36)30(34-29-16-9-8-15-28(29)31(35)25-11-4-2-5-12-25)23-24-17-19-27(20-18-24)38-22-10-21-33-26-13-6-3-7-14-26/h2-9,11-20,30,33-34H,10,21-23H2,1H3. The van der Waals surface area contributed by atoms with Crippen molar-refractivity contribution < 1.29 is 19.1 Å². The van der Waals surface area contributed by atoms with Crippen LogP contribution in [0.3, 0.4) is 0 Å². The number of carbonyl (C=O) groups excluding carboxylic acids is 2. The number of anilines is 2. The molecule has 6 nitrogen and oxygen atoms in total. The molecule has 1 unspecified atom stereocenters. The van der Waals surface area contributed by atoms with Gasteiger partial charge in [-0.15, -0.1) is 0 Å². The lowest BCUT2D eigenvalue weighted by molar-refractivity contribution is -0.141. The number of methoxy groups -OCH3 is 1. The Kier molecular flexibility index (Phi) is 9.51. The first-order chi connectivity index (χ1) is 18.6. The number of rotatable bonds is 13. The average Bonchev–Trinajstić information content (AvgIpc) is 2.98. The van der Waals surface area contributed by atoms with Crippen LogP contribution in [0.25, 0.3) is 0 Å². The highest BCUT2D eigenvalue weighted by atomic mass is 16.5. The molecular formula is C32H32N2O4. The molecule has 0 spiro atoms. The van der Waals surface area contributed by atoms with Crippen LogP contribution in [0.5, 0.6) is 5.75 Å². The van der Waals surface area contributed by atoms with Crippen molar-refractivity contribution in [3.8, 4) is 5.75 Å². The van der Waals surface area contributed by atoms with Gasteiger partial charge >= 0.3 is 5.97 Å². The van der Waals surface area contributed by atoms with Gasteiger partial charge in [0.2, 0.25) is 0 Å². The zero-order valence-electron chi connectivity index (χ0n) is 21.4. The Morgan fingerprint density at radius 2 is 1.45 bits per heavy atom. The molecule has 0 bridgehead atoms. The second-order valence-electron chi connectivity index (χ2n) is 8.80. The van der Waals surface area contributed by atoms with Crippen molar-refractivity contribution in [3.05, 3.63) is 126 Å². The van der Waals surface area contributed by atoms with Crippen LogP contribution in [0.4, 0.5) is 11.4 Å². The van der Waals surface area contributed by atoms with Crippen molar-refractivity contribution in [2.75, 3.05) is 30.9 Å². The molecule has 0 saturated heterocycles. The van der Waals surface area contributed by atoms with Gasteiger partial charge in [0.25, 0.3) is 0 Å². The highest BCUT2D eigenvalue weighted by Gasteiger charge is 2.22. The quantitative estimate of drug-likeness (QED) is 0.131. The number of esters is 1. The van der Waals surface area contributed by atoms with Crippen LogP contribution in [0, 0.1) is 0 Å². The summed E-state index contributed by atoms with van der Waals surface area (Å²) in [5.74, 6) is 0.255. The van der Waals surface area contributed by atoms with Gasteiger partial charge < -0.3 is 20.1 Å². The molecule has 4 rings (SSSR count). The van der Waals surface area contributed by atoms with E-state index in [9.17, 15) is 9.59 Å². The van der Waals surface area contributed by atoms with Gasteiger partial charge in [-0.1, -0.05) is 72.8 Å². The average molecular weight is 509 g/mol. The van der Waals surface area contributed by atoms with Crippen molar-refractivity contribution in [2.45, 2.75) is 18.9 Å². The highest BCUT2D eigenvalue weighted by molar-refractivity contribution is 6.12. The van der Waals surface area contributed by atoms with Crippen molar-refractivity contribution >= 4 is 23.1 Å². The first-order valence-corrected chi connectivity index (χ1v) is 12.7. The molecule has 0 fully saturated rings. The summed E-state index contributed by atoms with van der Waals surface area (Å²) >= 11 is 0. The molecule has 0 aliphatic carbocycles. The van der Waals surface area contributed by atoms with E-state index in [4.69, 9.17) is 9.47 Å². The number of hydrogen-bond acceptors (Lipinski definition) is 6. The predicted octanol–water partition coefficient (Wildman–Crippen LogP) is 5.99. The van der Waals surface area contributed by atoms with Crippen molar-refractivity contribution in [3.63, 3.8) is 0 Å². The van der Waals surface area contributed by atoms with Crippen LogP contribution in [0.2, 0.25) is 0 Å². The first-order valence-electron chi connectivity index (χ1n) is 12.7. The van der Waals surface area contributed by atoms with E-state index in [2.05, 4.69) is 10.6 Å². The molecule has 0 heterocycles. The summed E-state index contributed by atoms with van der Waals surface area (Å²) < 4.78 is 10.9. The Morgan fingerprint density at radius 1 is 0.789 bits per heavy atom. The highest BCUT2D eigenvalue weighted by Crippen LogP contribution is 2.22. The third-order valence-corrected chi connectivity index (χ3v) is 6.08. The molecular weight excluding hydrogens is 476 g/mol.